The van der Waals surface area contributed by atoms with E-state index in [1.54, 1.807) is 24.4 Å². The van der Waals surface area contributed by atoms with Crippen molar-refractivity contribution >= 4 is 11.8 Å². The van der Waals surface area contributed by atoms with Gasteiger partial charge in [0.1, 0.15) is 17.6 Å². The Labute approximate surface area is 134 Å². The summed E-state index contributed by atoms with van der Waals surface area (Å²) in [4.78, 5) is 0. The lowest BCUT2D eigenvalue weighted by atomic mass is 10.0. The van der Waals surface area contributed by atoms with Crippen molar-refractivity contribution in [3.63, 3.8) is 0 Å². The number of fused-ring (bicyclic) bond motifs is 1. The molecule has 5 heteroatoms. The van der Waals surface area contributed by atoms with E-state index in [0.29, 0.717) is 17.7 Å². The van der Waals surface area contributed by atoms with Gasteiger partial charge < -0.3 is 20.5 Å². The average Bonchev–Trinajstić information content (AvgIpc) is 2.85. The second kappa shape index (κ2) is 5.61. The number of nitrogens with zero attached hydrogens (tertiary/aromatic N) is 1. The molecule has 1 aliphatic heterocycles. The fourth-order valence-corrected chi connectivity index (χ4v) is 2.90. The van der Waals surface area contributed by atoms with Gasteiger partial charge in [-0.2, -0.15) is 0 Å². The normalized spacial score (nSPS) is 20.4. The monoisotopic (exact) mass is 313 g/mol. The molecule has 1 aliphatic rings. The van der Waals surface area contributed by atoms with Crippen LogP contribution in [0.15, 0.2) is 42.6 Å². The fourth-order valence-electron chi connectivity index (χ4n) is 2.90. The molecule has 0 bridgehead atoms. The van der Waals surface area contributed by atoms with Gasteiger partial charge in [-0.3, -0.25) is 4.65 Å². The van der Waals surface area contributed by atoms with E-state index in [2.05, 4.69) is 0 Å². The number of aromatic hydroxyl groups is 3. The Bertz CT molecular complexity index is 754. The third-order valence-electron chi connectivity index (χ3n) is 4.42. The largest absolute Gasteiger partial charge is 0.622 e. The topological polar surface area (TPSA) is 83.8 Å². The Morgan fingerprint density at radius 3 is 2.39 bits per heavy atom. The molecule has 2 aromatic carbocycles. The van der Waals surface area contributed by atoms with E-state index < -0.39 is 4.65 Å². The molecule has 1 heterocycles. The van der Waals surface area contributed by atoms with Gasteiger partial charge in [-0.25, -0.2) is 0 Å². The van der Waals surface area contributed by atoms with Gasteiger partial charge >= 0.3 is 0 Å². The Morgan fingerprint density at radius 2 is 1.70 bits per heavy atom. The second-order valence-corrected chi connectivity index (χ2v) is 5.98. The van der Waals surface area contributed by atoms with E-state index in [1.807, 2.05) is 19.1 Å². The predicted molar refractivity (Wildman–Crippen MR) is 89.9 cm³/mol. The quantitative estimate of drug-likeness (QED) is 0.457. The first kappa shape index (κ1) is 15.4. The molecule has 0 radical (unpaired) electrons. The van der Waals surface area contributed by atoms with Crippen molar-refractivity contribution in [3.05, 3.63) is 58.9 Å². The van der Waals surface area contributed by atoms with Crippen LogP contribution in [-0.2, 0) is 6.42 Å². The Balaban J connectivity index is 1.78. The predicted octanol–water partition coefficient (Wildman–Crippen LogP) is 3.61. The lowest BCUT2D eigenvalue weighted by Gasteiger charge is -2.42. The summed E-state index contributed by atoms with van der Waals surface area (Å²) in [6, 6.07) is 9.45. The minimum absolute atomic E-state index is 0.223. The van der Waals surface area contributed by atoms with Crippen LogP contribution in [0, 0.1) is 5.21 Å². The summed E-state index contributed by atoms with van der Waals surface area (Å²) in [5, 5.41) is 41.7. The zero-order valence-electron chi connectivity index (χ0n) is 12.8. The highest BCUT2D eigenvalue weighted by molar-refractivity contribution is 5.77. The van der Waals surface area contributed by atoms with Gasteiger partial charge in [0.05, 0.1) is 6.04 Å². The maximum absolute atomic E-state index is 13.2. The molecule has 3 N–H and O–H groups in total. The third kappa shape index (κ3) is 2.76. The van der Waals surface area contributed by atoms with Gasteiger partial charge in [0.15, 0.2) is 11.5 Å². The van der Waals surface area contributed by atoms with Crippen LogP contribution in [0.5, 0.6) is 17.2 Å². The summed E-state index contributed by atoms with van der Waals surface area (Å²) in [7, 11) is 0. The number of hydroxylamine groups is 2. The molecule has 0 spiro atoms. The molecule has 0 aliphatic carbocycles. The summed E-state index contributed by atoms with van der Waals surface area (Å²) >= 11 is 0. The van der Waals surface area contributed by atoms with Crippen LogP contribution < -0.4 is 4.65 Å². The van der Waals surface area contributed by atoms with Crippen molar-refractivity contribution in [2.24, 2.45) is 0 Å². The van der Waals surface area contributed by atoms with Gasteiger partial charge in [0, 0.05) is 24.1 Å². The third-order valence-corrected chi connectivity index (χ3v) is 4.42. The van der Waals surface area contributed by atoms with E-state index >= 15 is 0 Å². The number of hydrogen-bond acceptors (Lipinski definition) is 4. The summed E-state index contributed by atoms with van der Waals surface area (Å²) < 4.78 is -0.652. The number of phenolic OH excluding ortho intramolecular Hbond substituents is 3. The Kier molecular flexibility index (Phi) is 3.75. The Hall–Kier alpha value is -2.50. The molecule has 120 valence electrons. The van der Waals surface area contributed by atoms with Gasteiger partial charge in [0.25, 0.3) is 0 Å². The van der Waals surface area contributed by atoms with Crippen LogP contribution in [0.3, 0.4) is 0 Å². The standard InChI is InChI=1S/C18H19NO4/c1-12(2-3-13-4-6-15(20)7-5-13)19(23)9-8-14-10-17(21)18(22)11-16(14)19/h4-12,20-22H,2-3H2,1H3. The van der Waals surface area contributed by atoms with E-state index in [9.17, 15) is 20.5 Å². The molecule has 0 saturated carbocycles. The van der Waals surface area contributed by atoms with Crippen LogP contribution >= 0.6 is 0 Å². The van der Waals surface area contributed by atoms with Crippen molar-refractivity contribution in [1.82, 2.24) is 4.65 Å². The molecule has 2 unspecified atom stereocenters. The second-order valence-electron chi connectivity index (χ2n) is 5.98. The lowest BCUT2D eigenvalue weighted by Crippen LogP contribution is -2.44. The van der Waals surface area contributed by atoms with Crippen LogP contribution in [0.25, 0.3) is 6.08 Å². The van der Waals surface area contributed by atoms with Crippen LogP contribution in [0.1, 0.15) is 24.5 Å². The van der Waals surface area contributed by atoms with Crippen molar-refractivity contribution in [2.45, 2.75) is 25.8 Å². The van der Waals surface area contributed by atoms with Gasteiger partial charge in [-0.05, 0) is 37.1 Å². The highest BCUT2D eigenvalue weighted by atomic mass is 16.5. The first-order chi connectivity index (χ1) is 10.9. The van der Waals surface area contributed by atoms with E-state index in [1.165, 1.54) is 12.1 Å². The summed E-state index contributed by atoms with van der Waals surface area (Å²) in [6.07, 6.45) is 4.60. The molecule has 3 rings (SSSR count). The van der Waals surface area contributed by atoms with E-state index in [4.69, 9.17) is 0 Å². The van der Waals surface area contributed by atoms with Crippen LogP contribution in [0.2, 0.25) is 0 Å². The summed E-state index contributed by atoms with van der Waals surface area (Å²) in [5.41, 5.74) is 2.13. The zero-order chi connectivity index (χ0) is 16.6. The van der Waals surface area contributed by atoms with Crippen molar-refractivity contribution in [1.29, 1.82) is 0 Å². The minimum atomic E-state index is -0.652. The SMILES string of the molecule is CC(CCc1ccc(O)cc1)[N+]1([O-])C=Cc2cc(O)c(O)cc21. The molecular weight excluding hydrogens is 294 g/mol. The maximum atomic E-state index is 13.2. The van der Waals surface area contributed by atoms with Crippen molar-refractivity contribution in [2.75, 3.05) is 0 Å². The minimum Gasteiger partial charge on any atom is -0.622 e. The van der Waals surface area contributed by atoms with E-state index in [0.717, 1.165) is 12.0 Å². The average molecular weight is 313 g/mol. The summed E-state index contributed by atoms with van der Waals surface area (Å²) in [5.74, 6) is -0.282. The lowest BCUT2D eigenvalue weighted by molar-refractivity contribution is 0.365. The summed E-state index contributed by atoms with van der Waals surface area (Å²) in [6.45, 7) is 1.87. The number of aryl methyl sites for hydroxylation is 1. The molecular formula is C18H19NO4. The first-order valence-electron chi connectivity index (χ1n) is 7.53. The number of phenols is 3. The molecule has 2 atom stereocenters. The van der Waals surface area contributed by atoms with Crippen LogP contribution in [0.4, 0.5) is 5.69 Å². The molecule has 5 nitrogen and oxygen atoms in total. The van der Waals surface area contributed by atoms with Gasteiger partial charge in [0.2, 0.25) is 0 Å². The zero-order valence-corrected chi connectivity index (χ0v) is 12.8. The molecule has 2 aromatic rings. The molecule has 0 aromatic heterocycles. The fraction of sp³-hybridized carbons (Fsp3) is 0.222. The van der Waals surface area contributed by atoms with E-state index in [-0.39, 0.29) is 23.3 Å². The first-order valence-corrected chi connectivity index (χ1v) is 7.53. The Morgan fingerprint density at radius 1 is 1.04 bits per heavy atom. The maximum Gasteiger partial charge on any atom is 0.163 e. The number of quaternary nitrogens is 1. The molecule has 0 fully saturated rings. The molecule has 0 amide bonds. The van der Waals surface area contributed by atoms with Crippen molar-refractivity contribution in [3.8, 4) is 17.2 Å². The number of hydrogen-bond donors (Lipinski definition) is 3. The van der Waals surface area contributed by atoms with Crippen LogP contribution in [-0.4, -0.2) is 21.4 Å². The smallest absolute Gasteiger partial charge is 0.163 e. The van der Waals surface area contributed by atoms with Gasteiger partial charge in [-0.1, -0.05) is 12.1 Å². The molecule has 0 saturated heterocycles. The molecule has 23 heavy (non-hydrogen) atoms. The van der Waals surface area contributed by atoms with Crippen molar-refractivity contribution < 1.29 is 15.3 Å². The highest BCUT2D eigenvalue weighted by Crippen LogP contribution is 2.43. The number of rotatable bonds is 4. The highest BCUT2D eigenvalue weighted by Gasteiger charge is 2.33. The van der Waals surface area contributed by atoms with Gasteiger partial charge in [-0.15, -0.1) is 0 Å². The number of benzene rings is 2.